The molecule has 0 saturated heterocycles. The molecular weight excluding hydrogens is 258 g/mol. The van der Waals surface area contributed by atoms with E-state index in [1.165, 1.54) is 12.1 Å². The van der Waals surface area contributed by atoms with Gasteiger partial charge in [0.05, 0.1) is 17.4 Å². The van der Waals surface area contributed by atoms with E-state index in [9.17, 15) is 18.0 Å². The Bertz CT molecular complexity index is 535. The van der Waals surface area contributed by atoms with Crippen molar-refractivity contribution in [2.45, 2.75) is 24.3 Å². The van der Waals surface area contributed by atoms with Crippen LogP contribution in [-0.4, -0.2) is 31.8 Å². The molecule has 7 heteroatoms. The number of benzene rings is 1. The van der Waals surface area contributed by atoms with Crippen LogP contribution >= 0.6 is 0 Å². The van der Waals surface area contributed by atoms with E-state index in [-0.39, 0.29) is 11.2 Å². The Morgan fingerprint density at radius 1 is 1.39 bits per heavy atom. The minimum absolute atomic E-state index is 0.00895. The molecule has 0 aliphatic heterocycles. The van der Waals surface area contributed by atoms with E-state index in [2.05, 4.69) is 0 Å². The second kappa shape index (κ2) is 5.74. The van der Waals surface area contributed by atoms with E-state index >= 15 is 0 Å². The van der Waals surface area contributed by atoms with Crippen molar-refractivity contribution in [2.24, 2.45) is 0 Å². The average Bonchev–Trinajstić information content (AvgIpc) is 2.27. The monoisotopic (exact) mass is 271 g/mol. The number of rotatable bonds is 6. The maximum Gasteiger partial charge on any atom is 0.305 e. The average molecular weight is 271 g/mol. The molecule has 0 aliphatic rings. The first-order chi connectivity index (χ1) is 8.35. The molecule has 1 aromatic carbocycles. The number of carboxylic acid groups (broad SMARTS) is 1. The van der Waals surface area contributed by atoms with E-state index in [1.54, 1.807) is 12.1 Å². The molecule has 2 N–H and O–H groups in total. The normalized spacial score (nSPS) is 12.9. The van der Waals surface area contributed by atoms with Gasteiger partial charge in [-0.1, -0.05) is 17.7 Å². The third-order valence-corrected chi connectivity index (χ3v) is 3.70. The zero-order valence-corrected chi connectivity index (χ0v) is 10.5. The summed E-state index contributed by atoms with van der Waals surface area (Å²) in [5, 5.41) is 8.53. The van der Waals surface area contributed by atoms with Crippen molar-refractivity contribution in [3.05, 3.63) is 29.8 Å². The standard InChI is InChI=1S/C11H13NO5S/c1-8-2-4-10(5-3-8)18(16,17)12-9(7-13)6-11(14)15/h2-5,7,9,12H,6H2,1H3,(H,14,15). The molecule has 0 saturated carbocycles. The number of nitrogens with one attached hydrogen (secondary N) is 1. The third-order valence-electron chi connectivity index (χ3n) is 2.20. The Kier molecular flexibility index (Phi) is 4.57. The Morgan fingerprint density at radius 3 is 2.39 bits per heavy atom. The summed E-state index contributed by atoms with van der Waals surface area (Å²) in [4.78, 5) is 21.0. The van der Waals surface area contributed by atoms with E-state index in [1.807, 2.05) is 11.6 Å². The Morgan fingerprint density at radius 2 is 1.94 bits per heavy atom. The molecule has 0 spiro atoms. The topological polar surface area (TPSA) is 101 Å². The number of sulfonamides is 1. The molecule has 6 nitrogen and oxygen atoms in total. The second-order valence-electron chi connectivity index (χ2n) is 3.77. The lowest BCUT2D eigenvalue weighted by atomic mass is 10.2. The molecule has 0 fully saturated rings. The van der Waals surface area contributed by atoms with Crippen LogP contribution in [-0.2, 0) is 19.6 Å². The molecule has 0 bridgehead atoms. The van der Waals surface area contributed by atoms with Crippen molar-refractivity contribution in [3.63, 3.8) is 0 Å². The number of aryl methyl sites for hydroxylation is 1. The largest absolute Gasteiger partial charge is 0.481 e. The van der Waals surface area contributed by atoms with E-state index in [4.69, 9.17) is 5.11 Å². The summed E-state index contributed by atoms with van der Waals surface area (Å²) >= 11 is 0. The van der Waals surface area contributed by atoms with Crippen LogP contribution in [0.5, 0.6) is 0 Å². The molecule has 0 aromatic heterocycles. The van der Waals surface area contributed by atoms with Crippen LogP contribution in [0.1, 0.15) is 12.0 Å². The second-order valence-corrected chi connectivity index (χ2v) is 5.49. The fourth-order valence-corrected chi connectivity index (χ4v) is 2.46. The van der Waals surface area contributed by atoms with Gasteiger partial charge in [-0.25, -0.2) is 13.1 Å². The zero-order valence-electron chi connectivity index (χ0n) is 9.66. The summed E-state index contributed by atoms with van der Waals surface area (Å²) < 4.78 is 25.7. The van der Waals surface area contributed by atoms with Crippen molar-refractivity contribution in [2.75, 3.05) is 0 Å². The minimum atomic E-state index is -3.88. The van der Waals surface area contributed by atoms with Gasteiger partial charge in [-0.3, -0.25) is 4.79 Å². The minimum Gasteiger partial charge on any atom is -0.481 e. The van der Waals surface area contributed by atoms with Crippen molar-refractivity contribution in [1.29, 1.82) is 0 Å². The van der Waals surface area contributed by atoms with Crippen LogP contribution in [0, 0.1) is 6.92 Å². The number of hydrogen-bond donors (Lipinski definition) is 2. The van der Waals surface area contributed by atoms with Crippen LogP contribution < -0.4 is 4.72 Å². The van der Waals surface area contributed by atoms with E-state index in [0.717, 1.165) is 5.56 Å². The summed E-state index contributed by atoms with van der Waals surface area (Å²) in [5.74, 6) is -1.25. The fraction of sp³-hybridized carbons (Fsp3) is 0.273. The smallest absolute Gasteiger partial charge is 0.305 e. The lowest BCUT2D eigenvalue weighted by Gasteiger charge is -2.11. The van der Waals surface area contributed by atoms with E-state index < -0.39 is 28.5 Å². The van der Waals surface area contributed by atoms with Gasteiger partial charge in [0.2, 0.25) is 10.0 Å². The maximum atomic E-state index is 11.8. The highest BCUT2D eigenvalue weighted by molar-refractivity contribution is 7.89. The van der Waals surface area contributed by atoms with Crippen LogP contribution in [0.15, 0.2) is 29.2 Å². The fourth-order valence-electron chi connectivity index (χ4n) is 1.29. The molecule has 0 radical (unpaired) electrons. The van der Waals surface area contributed by atoms with Gasteiger partial charge in [-0.05, 0) is 19.1 Å². The SMILES string of the molecule is Cc1ccc(S(=O)(=O)NC(C=O)CC(=O)O)cc1. The van der Waals surface area contributed by atoms with Crippen LogP contribution in [0.3, 0.4) is 0 Å². The summed E-state index contributed by atoms with van der Waals surface area (Å²) in [6.45, 7) is 1.81. The Labute approximate surface area is 105 Å². The van der Waals surface area contributed by atoms with Crippen LogP contribution in [0.2, 0.25) is 0 Å². The van der Waals surface area contributed by atoms with Gasteiger partial charge in [0, 0.05) is 0 Å². The first kappa shape index (κ1) is 14.3. The number of carbonyl (C=O) groups excluding carboxylic acids is 1. The highest BCUT2D eigenvalue weighted by Gasteiger charge is 2.21. The van der Waals surface area contributed by atoms with Crippen molar-refractivity contribution < 1.29 is 23.1 Å². The quantitative estimate of drug-likeness (QED) is 0.725. The third kappa shape index (κ3) is 3.94. The molecule has 0 heterocycles. The molecular formula is C11H13NO5S. The molecule has 0 aliphatic carbocycles. The van der Waals surface area contributed by atoms with Crippen molar-refractivity contribution in [3.8, 4) is 0 Å². The van der Waals surface area contributed by atoms with Gasteiger partial charge in [-0.2, -0.15) is 0 Å². The summed E-state index contributed by atoms with van der Waals surface area (Å²) in [5.41, 5.74) is 0.895. The molecule has 18 heavy (non-hydrogen) atoms. The van der Waals surface area contributed by atoms with Gasteiger partial charge in [0.25, 0.3) is 0 Å². The Balaban J connectivity index is 2.90. The highest BCUT2D eigenvalue weighted by atomic mass is 32.2. The van der Waals surface area contributed by atoms with Crippen LogP contribution in [0.25, 0.3) is 0 Å². The molecule has 1 unspecified atom stereocenters. The number of hydrogen-bond acceptors (Lipinski definition) is 4. The number of aldehydes is 1. The Hall–Kier alpha value is -1.73. The first-order valence-corrected chi connectivity index (χ1v) is 6.59. The van der Waals surface area contributed by atoms with Gasteiger partial charge in [-0.15, -0.1) is 0 Å². The van der Waals surface area contributed by atoms with Gasteiger partial charge in [0.1, 0.15) is 6.29 Å². The predicted molar refractivity (Wildman–Crippen MR) is 63.6 cm³/mol. The lowest BCUT2D eigenvalue weighted by molar-refractivity contribution is -0.138. The maximum absolute atomic E-state index is 11.8. The summed E-state index contributed by atoms with van der Waals surface area (Å²) in [6.07, 6.45) is -0.325. The molecule has 98 valence electrons. The lowest BCUT2D eigenvalue weighted by Crippen LogP contribution is -2.37. The summed E-state index contributed by atoms with van der Waals surface area (Å²) in [7, 11) is -3.88. The van der Waals surface area contributed by atoms with Gasteiger partial charge >= 0.3 is 5.97 Å². The number of aliphatic carboxylic acids is 1. The molecule has 1 rings (SSSR count). The highest BCUT2D eigenvalue weighted by Crippen LogP contribution is 2.10. The number of carboxylic acids is 1. The first-order valence-electron chi connectivity index (χ1n) is 5.11. The van der Waals surface area contributed by atoms with Gasteiger partial charge < -0.3 is 9.90 Å². The van der Waals surface area contributed by atoms with E-state index in [0.29, 0.717) is 0 Å². The number of carbonyl (C=O) groups is 2. The predicted octanol–water partition coefficient (Wildman–Crippen LogP) is 0.316. The molecule has 1 aromatic rings. The molecule has 0 amide bonds. The molecule has 1 atom stereocenters. The van der Waals surface area contributed by atoms with Crippen molar-refractivity contribution >= 4 is 22.3 Å². The van der Waals surface area contributed by atoms with Crippen molar-refractivity contribution in [1.82, 2.24) is 4.72 Å². The zero-order chi connectivity index (χ0) is 13.8. The summed E-state index contributed by atoms with van der Waals surface area (Å²) in [6, 6.07) is 4.73. The van der Waals surface area contributed by atoms with Gasteiger partial charge in [0.15, 0.2) is 0 Å². The van der Waals surface area contributed by atoms with Crippen LogP contribution in [0.4, 0.5) is 0 Å².